The number of hydrogen-bond donors (Lipinski definition) is 2. The Morgan fingerprint density at radius 3 is 1.90 bits per heavy atom. The van der Waals surface area contributed by atoms with Gasteiger partial charge in [0, 0.05) is 33.8 Å². The summed E-state index contributed by atoms with van der Waals surface area (Å²) in [5.41, 5.74) is 10.7. The molecule has 4 aromatic rings. The van der Waals surface area contributed by atoms with Crippen LogP contribution in [0.5, 0.6) is 0 Å². The van der Waals surface area contributed by atoms with Crippen LogP contribution >= 0.6 is 11.3 Å². The third kappa shape index (κ3) is 3.09. The number of H-pyrrole nitrogens is 2. The summed E-state index contributed by atoms with van der Waals surface area (Å²) in [5, 5.41) is 0. The molecule has 0 atom stereocenters. The molecule has 0 aliphatic carbocycles. The molecule has 0 radical (unpaired) electrons. The highest BCUT2D eigenvalue weighted by Gasteiger charge is 2.08. The van der Waals surface area contributed by atoms with Crippen LogP contribution in [0.1, 0.15) is 22.8 Å². The number of thiazole rings is 1. The second kappa shape index (κ2) is 6.39. The average Bonchev–Trinajstić information content (AvgIpc) is 3.50. The van der Waals surface area contributed by atoms with E-state index in [2.05, 4.69) is 45.3 Å². The van der Waals surface area contributed by atoms with Crippen molar-refractivity contribution >= 4 is 57.7 Å². The number of hydrogen-bond acceptors (Lipinski definition) is 4. The maximum Gasteiger partial charge on any atom is 0.0797 e. The first-order valence-electron chi connectivity index (χ1n) is 9.26. The highest BCUT2D eigenvalue weighted by Crippen LogP contribution is 2.30. The van der Waals surface area contributed by atoms with E-state index in [1.807, 2.05) is 48.1 Å². The first-order valence-corrected chi connectivity index (χ1v) is 10.1. The summed E-state index contributed by atoms with van der Waals surface area (Å²) < 4.78 is 0. The Bertz CT molecular complexity index is 1450. The number of aromatic nitrogens is 5. The van der Waals surface area contributed by atoms with Crippen LogP contribution in [0.25, 0.3) is 56.8 Å². The summed E-state index contributed by atoms with van der Waals surface area (Å²) in [6.07, 6.45) is 10.0. The summed E-state index contributed by atoms with van der Waals surface area (Å²) in [4.78, 5) is 21.7. The van der Waals surface area contributed by atoms with Gasteiger partial charge in [-0.05, 0) is 66.8 Å². The van der Waals surface area contributed by atoms with Gasteiger partial charge < -0.3 is 9.97 Å². The molecule has 5 nitrogen and oxygen atoms in total. The van der Waals surface area contributed by atoms with Crippen molar-refractivity contribution < 1.29 is 0 Å². The monoisotopic (exact) mass is 393 g/mol. The van der Waals surface area contributed by atoms with Crippen LogP contribution in [0.15, 0.2) is 54.2 Å². The largest absolute Gasteiger partial charge is 0.355 e. The minimum atomic E-state index is 0.912. The Hall–Kier alpha value is -3.77. The molecule has 2 aliphatic heterocycles. The number of rotatable bonds is 1. The van der Waals surface area contributed by atoms with Crippen molar-refractivity contribution in [2.45, 2.75) is 0 Å². The first-order chi connectivity index (χ1) is 14.3. The summed E-state index contributed by atoms with van der Waals surface area (Å²) in [6, 6.07) is 14.5. The topological polar surface area (TPSA) is 70.2 Å². The van der Waals surface area contributed by atoms with Crippen LogP contribution in [0.3, 0.4) is 0 Å². The molecular weight excluding hydrogens is 378 g/mol. The smallest absolute Gasteiger partial charge is 0.0797 e. The Labute approximate surface area is 170 Å². The molecule has 2 N–H and O–H groups in total. The fourth-order valence-electron chi connectivity index (χ4n) is 3.57. The van der Waals surface area contributed by atoms with E-state index in [9.17, 15) is 0 Å². The molecule has 4 aromatic heterocycles. The van der Waals surface area contributed by atoms with Gasteiger partial charge in [-0.2, -0.15) is 0 Å². The lowest BCUT2D eigenvalue weighted by Crippen LogP contribution is -1.76. The second-order valence-corrected chi connectivity index (χ2v) is 7.84. The molecule has 6 rings (SSSR count). The second-order valence-electron chi connectivity index (χ2n) is 6.95. The third-order valence-corrected chi connectivity index (χ3v) is 5.67. The molecule has 0 unspecified atom stereocenters. The van der Waals surface area contributed by atoms with Crippen LogP contribution in [-0.4, -0.2) is 24.9 Å². The minimum absolute atomic E-state index is 0.912. The van der Waals surface area contributed by atoms with Gasteiger partial charge in [-0.3, -0.25) is 4.98 Å². The third-order valence-electron chi connectivity index (χ3n) is 4.87. The predicted molar refractivity (Wildman–Crippen MR) is 120 cm³/mol. The lowest BCUT2D eigenvalue weighted by atomic mass is 10.2. The Kier molecular flexibility index (Phi) is 3.57. The predicted octanol–water partition coefficient (Wildman–Crippen LogP) is 5.78. The quantitative estimate of drug-likeness (QED) is 0.372. The number of fused-ring (bicyclic) bond motifs is 8. The van der Waals surface area contributed by atoms with Crippen molar-refractivity contribution in [3.8, 4) is 10.4 Å². The molecule has 0 saturated heterocycles. The van der Waals surface area contributed by atoms with Gasteiger partial charge >= 0.3 is 0 Å². The molecule has 0 saturated carbocycles. The molecule has 0 aromatic carbocycles. The van der Waals surface area contributed by atoms with Crippen LogP contribution in [0, 0.1) is 0 Å². The van der Waals surface area contributed by atoms with E-state index in [-0.39, 0.29) is 0 Å². The van der Waals surface area contributed by atoms with Gasteiger partial charge in [0.2, 0.25) is 0 Å². The van der Waals surface area contributed by atoms with Gasteiger partial charge in [0.25, 0.3) is 0 Å². The summed E-state index contributed by atoms with van der Waals surface area (Å²) in [5.74, 6) is 0. The lowest BCUT2D eigenvalue weighted by molar-refractivity contribution is 1.31. The fourth-order valence-corrected chi connectivity index (χ4v) is 4.22. The van der Waals surface area contributed by atoms with Gasteiger partial charge in [0.1, 0.15) is 0 Å². The first kappa shape index (κ1) is 16.2. The van der Waals surface area contributed by atoms with E-state index in [4.69, 9.17) is 9.97 Å². The zero-order valence-corrected chi connectivity index (χ0v) is 16.1. The summed E-state index contributed by atoms with van der Waals surface area (Å²) in [7, 11) is 0. The molecule has 0 spiro atoms. The van der Waals surface area contributed by atoms with Crippen molar-refractivity contribution in [3.05, 3.63) is 76.9 Å². The molecule has 6 heterocycles. The van der Waals surface area contributed by atoms with Crippen molar-refractivity contribution in [1.29, 1.82) is 0 Å². The van der Waals surface area contributed by atoms with Crippen molar-refractivity contribution in [3.63, 3.8) is 0 Å². The molecule has 2 aliphatic rings. The highest BCUT2D eigenvalue weighted by molar-refractivity contribution is 7.13. The van der Waals surface area contributed by atoms with Gasteiger partial charge in [-0.15, -0.1) is 11.3 Å². The van der Waals surface area contributed by atoms with Crippen molar-refractivity contribution in [2.24, 2.45) is 0 Å². The van der Waals surface area contributed by atoms with E-state index in [0.717, 1.165) is 55.3 Å². The highest BCUT2D eigenvalue weighted by atomic mass is 32.1. The standard InChI is InChI=1S/C23H15N5S/c1-2-15-8-17-5-6-19(27-17)11-22-21(23-12-24-13-29-23)10-20(28-22)9-18-4-3-16(26-18)7-14(1)25-15/h1-13,25,28H. The van der Waals surface area contributed by atoms with E-state index >= 15 is 0 Å². The normalized spacial score (nSPS) is 12.6. The fraction of sp³-hybridized carbons (Fsp3) is 0. The Morgan fingerprint density at radius 2 is 1.28 bits per heavy atom. The maximum absolute atomic E-state index is 4.74. The maximum atomic E-state index is 4.74. The number of nitrogens with zero attached hydrogens (tertiary/aromatic N) is 3. The summed E-state index contributed by atoms with van der Waals surface area (Å²) >= 11 is 1.62. The van der Waals surface area contributed by atoms with Crippen molar-refractivity contribution in [2.75, 3.05) is 0 Å². The van der Waals surface area contributed by atoms with Gasteiger partial charge in [0.05, 0.1) is 33.2 Å². The van der Waals surface area contributed by atoms with Crippen LogP contribution in [0.4, 0.5) is 0 Å². The molecule has 8 bridgehead atoms. The van der Waals surface area contributed by atoms with E-state index in [1.54, 1.807) is 11.3 Å². The Balaban J connectivity index is 1.69. The molecule has 29 heavy (non-hydrogen) atoms. The molecule has 0 fully saturated rings. The summed E-state index contributed by atoms with van der Waals surface area (Å²) in [6.45, 7) is 0. The van der Waals surface area contributed by atoms with E-state index in [1.165, 1.54) is 0 Å². The zero-order valence-electron chi connectivity index (χ0n) is 15.3. The molecule has 0 amide bonds. The molecular formula is C23H15N5S. The van der Waals surface area contributed by atoms with Crippen molar-refractivity contribution in [1.82, 2.24) is 24.9 Å². The van der Waals surface area contributed by atoms with E-state index in [0.29, 0.717) is 0 Å². The average molecular weight is 393 g/mol. The lowest BCUT2D eigenvalue weighted by Gasteiger charge is -1.91. The molecule has 6 heteroatoms. The molecule has 138 valence electrons. The van der Waals surface area contributed by atoms with Crippen LogP contribution in [-0.2, 0) is 0 Å². The van der Waals surface area contributed by atoms with Gasteiger partial charge in [0.15, 0.2) is 0 Å². The van der Waals surface area contributed by atoms with Gasteiger partial charge in [-0.25, -0.2) is 9.97 Å². The van der Waals surface area contributed by atoms with E-state index < -0.39 is 0 Å². The number of aromatic amines is 2. The zero-order chi connectivity index (χ0) is 19.2. The SMILES string of the molecule is C1=Cc2cc3cc(-c4cncs4)c(cc4nc(cc5ccc(cc1n2)[nH]5)C=C4)[nH]3. The number of nitrogens with one attached hydrogen (secondary N) is 2. The van der Waals surface area contributed by atoms with Crippen LogP contribution < -0.4 is 0 Å². The minimum Gasteiger partial charge on any atom is -0.355 e. The Morgan fingerprint density at radius 1 is 0.655 bits per heavy atom. The van der Waals surface area contributed by atoms with Crippen LogP contribution in [0.2, 0.25) is 0 Å². The van der Waals surface area contributed by atoms with Gasteiger partial charge in [-0.1, -0.05) is 0 Å².